The third-order valence-corrected chi connectivity index (χ3v) is 7.62. The minimum Gasteiger partial charge on any atom is -0.507 e. The van der Waals surface area contributed by atoms with E-state index in [4.69, 9.17) is 10.2 Å². The summed E-state index contributed by atoms with van der Waals surface area (Å²) in [5, 5.41) is 40.8. The number of aromatic hydroxyl groups is 2. The molecule has 1 saturated carbocycles. The smallest absolute Gasteiger partial charge is 0.198 e. The second-order valence-electron chi connectivity index (χ2n) is 10.0. The van der Waals surface area contributed by atoms with Gasteiger partial charge in [0.25, 0.3) is 0 Å². The maximum Gasteiger partial charge on any atom is 0.198 e. The van der Waals surface area contributed by atoms with Gasteiger partial charge in [-0.05, 0) is 48.5 Å². The molecule has 1 aliphatic carbocycles. The van der Waals surface area contributed by atoms with Crippen molar-refractivity contribution in [2.24, 2.45) is 0 Å². The van der Waals surface area contributed by atoms with E-state index in [0.29, 0.717) is 5.69 Å². The van der Waals surface area contributed by atoms with Crippen LogP contribution in [0, 0.1) is 0 Å². The van der Waals surface area contributed by atoms with Gasteiger partial charge in [0.15, 0.2) is 18.2 Å². The van der Waals surface area contributed by atoms with E-state index in [1.807, 2.05) is 131 Å². The largest absolute Gasteiger partial charge is 0.507 e. The van der Waals surface area contributed by atoms with E-state index >= 15 is 0 Å². The third kappa shape index (κ3) is 4.53. The molecule has 2 atom stereocenters. The average Bonchev–Trinajstić information content (AvgIpc) is 2.99. The van der Waals surface area contributed by atoms with Crippen molar-refractivity contribution in [2.45, 2.75) is 24.2 Å². The molecule has 0 bridgehead atoms. The first-order chi connectivity index (χ1) is 19.5. The van der Waals surface area contributed by atoms with Crippen molar-refractivity contribution in [1.29, 1.82) is 0 Å². The molecule has 5 aromatic rings. The quantitative estimate of drug-likeness (QED) is 0.249. The zero-order chi connectivity index (χ0) is 27.6. The normalized spacial score (nSPS) is 19.9. The zero-order valence-electron chi connectivity index (χ0n) is 21.8. The lowest BCUT2D eigenvalue weighted by Gasteiger charge is -2.46. The van der Waals surface area contributed by atoms with Gasteiger partial charge in [-0.1, -0.05) is 72.8 Å². The molecule has 1 aliphatic rings. The Morgan fingerprint density at radius 1 is 0.475 bits per heavy atom. The maximum atomic E-state index is 11.3. The van der Waals surface area contributed by atoms with Gasteiger partial charge in [-0.2, -0.15) is 0 Å². The topological polar surface area (TPSA) is 92.7 Å². The molecule has 6 heteroatoms. The molecule has 6 rings (SSSR count). The van der Waals surface area contributed by atoms with Crippen molar-refractivity contribution in [3.05, 3.63) is 139 Å². The van der Waals surface area contributed by atoms with Crippen LogP contribution in [0.3, 0.4) is 0 Å². The van der Waals surface area contributed by atoms with Crippen LogP contribution < -0.4 is 9.80 Å². The Morgan fingerprint density at radius 3 is 1.20 bits per heavy atom. The lowest BCUT2D eigenvalue weighted by molar-refractivity contribution is -0.0750. The first-order valence-corrected chi connectivity index (χ1v) is 13.3. The van der Waals surface area contributed by atoms with Gasteiger partial charge < -0.3 is 30.2 Å². The van der Waals surface area contributed by atoms with Crippen LogP contribution in [0.2, 0.25) is 0 Å². The van der Waals surface area contributed by atoms with Crippen LogP contribution >= 0.6 is 0 Å². The summed E-state index contributed by atoms with van der Waals surface area (Å²) < 4.78 is 0. The Hall–Kier alpha value is -4.78. The number of hydrogen-bond acceptors (Lipinski definition) is 4. The SMILES string of the molecule is Oc1cc(N(c2ccccc2)c2ccccc2)cc(O)c1C1C([OH2+])C(N(c2ccccc2)c2ccccc2)C1[OH2+]. The van der Waals surface area contributed by atoms with E-state index in [2.05, 4.69) is 0 Å². The highest BCUT2D eigenvalue weighted by atomic mass is 16.3. The Bertz CT molecular complexity index is 1450. The number of hydrogen-bond donors (Lipinski definition) is 2. The Morgan fingerprint density at radius 2 is 0.825 bits per heavy atom. The fourth-order valence-corrected chi connectivity index (χ4v) is 5.76. The molecule has 2 unspecified atom stereocenters. The minimum atomic E-state index is -0.745. The van der Waals surface area contributed by atoms with Crippen LogP contribution in [0.5, 0.6) is 11.5 Å². The lowest BCUT2D eigenvalue weighted by Crippen LogP contribution is -2.64. The van der Waals surface area contributed by atoms with E-state index in [0.717, 1.165) is 22.7 Å². The van der Waals surface area contributed by atoms with Crippen molar-refractivity contribution >= 4 is 28.4 Å². The number of para-hydroxylation sites is 4. The highest BCUT2D eigenvalue weighted by Gasteiger charge is 2.62. The Labute approximate surface area is 233 Å². The van der Waals surface area contributed by atoms with Gasteiger partial charge in [-0.3, -0.25) is 0 Å². The summed E-state index contributed by atoms with van der Waals surface area (Å²) >= 11 is 0. The van der Waals surface area contributed by atoms with Crippen LogP contribution in [-0.4, -0.2) is 38.7 Å². The van der Waals surface area contributed by atoms with Gasteiger partial charge in [0.05, 0.1) is 11.3 Å². The minimum absolute atomic E-state index is 0.115. The van der Waals surface area contributed by atoms with Crippen LogP contribution in [0.1, 0.15) is 11.5 Å². The number of benzene rings is 5. The molecule has 6 nitrogen and oxygen atoms in total. The van der Waals surface area contributed by atoms with Crippen molar-refractivity contribution in [2.75, 3.05) is 9.80 Å². The molecule has 1 fully saturated rings. The fourth-order valence-electron chi connectivity index (χ4n) is 5.76. The lowest BCUT2D eigenvalue weighted by atomic mass is 9.68. The summed E-state index contributed by atoms with van der Waals surface area (Å²) in [6, 6.07) is 41.9. The molecule has 0 amide bonds. The number of phenols is 2. The molecule has 200 valence electrons. The summed E-state index contributed by atoms with van der Waals surface area (Å²) in [4.78, 5) is 3.98. The monoisotopic (exact) mass is 532 g/mol. The second kappa shape index (κ2) is 10.8. The predicted octanol–water partition coefficient (Wildman–Crippen LogP) is 6.06. The average molecular weight is 533 g/mol. The highest BCUT2D eigenvalue weighted by molar-refractivity contribution is 5.79. The summed E-state index contributed by atoms with van der Waals surface area (Å²) in [5.41, 5.74) is 4.39. The van der Waals surface area contributed by atoms with Gasteiger partial charge in [0, 0.05) is 34.9 Å². The summed E-state index contributed by atoms with van der Waals surface area (Å²) in [7, 11) is 0. The first-order valence-electron chi connectivity index (χ1n) is 13.3. The molecule has 40 heavy (non-hydrogen) atoms. The molecular weight excluding hydrogens is 500 g/mol. The fraction of sp³-hybridized carbons (Fsp3) is 0.118. The Balaban J connectivity index is 1.36. The molecule has 6 N–H and O–H groups in total. The zero-order valence-corrected chi connectivity index (χ0v) is 21.8. The predicted molar refractivity (Wildman–Crippen MR) is 161 cm³/mol. The molecule has 0 spiro atoms. The number of rotatable bonds is 7. The van der Waals surface area contributed by atoms with Gasteiger partial charge in [-0.15, -0.1) is 0 Å². The Kier molecular flexibility index (Phi) is 6.86. The molecule has 0 saturated heterocycles. The van der Waals surface area contributed by atoms with Crippen LogP contribution in [0.25, 0.3) is 0 Å². The summed E-state index contributed by atoms with van der Waals surface area (Å²) in [6.45, 7) is 0. The van der Waals surface area contributed by atoms with E-state index < -0.39 is 24.2 Å². The van der Waals surface area contributed by atoms with Gasteiger partial charge in [-0.25, -0.2) is 0 Å². The number of anilines is 5. The number of nitrogens with zero attached hydrogens (tertiary/aromatic N) is 2. The van der Waals surface area contributed by atoms with Crippen LogP contribution in [0.4, 0.5) is 28.4 Å². The van der Waals surface area contributed by atoms with E-state index in [-0.39, 0.29) is 17.1 Å². The van der Waals surface area contributed by atoms with E-state index in [9.17, 15) is 10.2 Å². The highest BCUT2D eigenvalue weighted by Crippen LogP contribution is 2.51. The molecular formula is C34H32N2O4+2. The molecule has 0 aromatic heterocycles. The second-order valence-corrected chi connectivity index (χ2v) is 10.0. The van der Waals surface area contributed by atoms with Crippen molar-refractivity contribution in [1.82, 2.24) is 0 Å². The first kappa shape index (κ1) is 25.5. The summed E-state index contributed by atoms with van der Waals surface area (Å²) in [6.07, 6.45) is -1.49. The molecule has 0 heterocycles. The van der Waals surface area contributed by atoms with Gasteiger partial charge >= 0.3 is 0 Å². The van der Waals surface area contributed by atoms with Crippen molar-refractivity contribution < 1.29 is 20.4 Å². The summed E-state index contributed by atoms with van der Waals surface area (Å²) in [5.74, 6) is -0.887. The van der Waals surface area contributed by atoms with E-state index in [1.165, 1.54) is 0 Å². The van der Waals surface area contributed by atoms with Crippen molar-refractivity contribution in [3.63, 3.8) is 0 Å². The van der Waals surface area contributed by atoms with Gasteiger partial charge in [0.1, 0.15) is 17.4 Å². The van der Waals surface area contributed by atoms with Crippen LogP contribution in [-0.2, 0) is 0 Å². The van der Waals surface area contributed by atoms with Gasteiger partial charge in [0.2, 0.25) is 0 Å². The van der Waals surface area contributed by atoms with E-state index in [1.54, 1.807) is 12.1 Å². The molecule has 0 radical (unpaired) electrons. The number of phenolic OH excluding ortho intramolecular Hbond substituents is 2. The molecule has 5 aromatic carbocycles. The van der Waals surface area contributed by atoms with Crippen LogP contribution in [0.15, 0.2) is 133 Å². The maximum absolute atomic E-state index is 11.3. The standard InChI is InChI=1S/C34H30N2O4/c37-28-21-27(35(23-13-5-1-6-14-23)24-15-7-2-8-16-24)22-29(38)30(28)31-33(39)32(34(31)40)36(25-17-9-3-10-18-25)26-19-11-4-12-20-26/h1-22,31-34,37-40H/p+2. The molecule has 0 aliphatic heterocycles. The van der Waals surface area contributed by atoms with Crippen molar-refractivity contribution in [3.8, 4) is 11.5 Å². The third-order valence-electron chi connectivity index (χ3n) is 7.62.